The first-order valence-electron chi connectivity index (χ1n) is 10.8. The molecule has 2 aromatic carbocycles. The average Bonchev–Trinajstić information content (AvgIpc) is 3.24. The van der Waals surface area contributed by atoms with Crippen LogP contribution in [0.4, 0.5) is 0 Å². The average molecular weight is 462 g/mol. The third kappa shape index (κ3) is 4.83. The maximum atomic E-state index is 13.2. The lowest BCUT2D eigenvalue weighted by molar-refractivity contribution is -0.130. The molecule has 2 aromatic heterocycles. The van der Waals surface area contributed by atoms with Crippen LogP contribution in [-0.2, 0) is 17.9 Å². The zero-order valence-electron chi connectivity index (χ0n) is 19.3. The smallest absolute Gasteiger partial charge is 0.262 e. The van der Waals surface area contributed by atoms with E-state index in [4.69, 9.17) is 4.74 Å². The molecule has 0 aliphatic rings. The molecule has 0 radical (unpaired) electrons. The summed E-state index contributed by atoms with van der Waals surface area (Å²) >= 11 is 1.46. The quantitative estimate of drug-likeness (QED) is 0.397. The van der Waals surface area contributed by atoms with Crippen LogP contribution in [0, 0.1) is 13.8 Å². The van der Waals surface area contributed by atoms with Crippen LogP contribution in [0.2, 0.25) is 0 Å². The van der Waals surface area contributed by atoms with Crippen molar-refractivity contribution in [1.82, 2.24) is 14.5 Å². The standard InChI is InChI=1S/C26H27N3O3S/c1-17-5-8-19(9-6-17)21-15-33-25-24(21)26(31)29(16-27-25)12-11-23(30)28(3)14-20-13-18(2)7-10-22(20)32-4/h5-10,13,15-16H,11-12,14H2,1-4H3. The molecule has 6 nitrogen and oxygen atoms in total. The molecule has 0 atom stereocenters. The number of fused-ring (bicyclic) bond motifs is 1. The Bertz CT molecular complexity index is 1360. The number of aromatic nitrogens is 2. The summed E-state index contributed by atoms with van der Waals surface area (Å²) in [5.74, 6) is 0.710. The van der Waals surface area contributed by atoms with Crippen molar-refractivity contribution in [3.8, 4) is 16.9 Å². The van der Waals surface area contributed by atoms with Gasteiger partial charge in [0.2, 0.25) is 5.91 Å². The van der Waals surface area contributed by atoms with Gasteiger partial charge in [0, 0.05) is 43.1 Å². The van der Waals surface area contributed by atoms with Crippen LogP contribution in [0.1, 0.15) is 23.1 Å². The number of thiophene rings is 1. The van der Waals surface area contributed by atoms with Crippen molar-refractivity contribution in [1.29, 1.82) is 0 Å². The van der Waals surface area contributed by atoms with Gasteiger partial charge < -0.3 is 9.64 Å². The minimum atomic E-state index is -0.118. The van der Waals surface area contributed by atoms with Gasteiger partial charge in [-0.25, -0.2) is 4.98 Å². The van der Waals surface area contributed by atoms with Crippen LogP contribution in [0.15, 0.2) is 59.0 Å². The topological polar surface area (TPSA) is 64.4 Å². The van der Waals surface area contributed by atoms with E-state index in [1.807, 2.05) is 61.7 Å². The number of nitrogens with zero attached hydrogens (tertiary/aromatic N) is 3. The first kappa shape index (κ1) is 22.7. The second-order valence-electron chi connectivity index (χ2n) is 8.25. The predicted octanol–water partition coefficient (Wildman–Crippen LogP) is 4.80. The molecule has 0 aliphatic heterocycles. The highest BCUT2D eigenvalue weighted by Crippen LogP contribution is 2.30. The fourth-order valence-corrected chi connectivity index (χ4v) is 4.76. The van der Waals surface area contributed by atoms with Gasteiger partial charge in [0.05, 0.1) is 18.8 Å². The molecule has 0 unspecified atom stereocenters. The second-order valence-corrected chi connectivity index (χ2v) is 9.11. The Morgan fingerprint density at radius 3 is 2.58 bits per heavy atom. The molecule has 7 heteroatoms. The maximum absolute atomic E-state index is 13.2. The highest BCUT2D eigenvalue weighted by Gasteiger charge is 2.16. The van der Waals surface area contributed by atoms with Crippen LogP contribution in [-0.4, -0.2) is 34.5 Å². The number of hydrogen-bond acceptors (Lipinski definition) is 5. The number of methoxy groups -OCH3 is 1. The van der Waals surface area contributed by atoms with Gasteiger partial charge in [-0.15, -0.1) is 11.3 Å². The zero-order chi connectivity index (χ0) is 23.5. The number of hydrogen-bond donors (Lipinski definition) is 0. The molecule has 170 valence electrons. The van der Waals surface area contributed by atoms with Gasteiger partial charge in [0.1, 0.15) is 10.6 Å². The first-order chi connectivity index (χ1) is 15.9. The molecular weight excluding hydrogens is 434 g/mol. The number of amides is 1. The molecular formula is C26H27N3O3S. The van der Waals surface area contributed by atoms with Crippen LogP contribution in [0.3, 0.4) is 0 Å². The van der Waals surface area contributed by atoms with Crippen LogP contribution in [0.5, 0.6) is 5.75 Å². The largest absolute Gasteiger partial charge is 0.496 e. The van der Waals surface area contributed by atoms with Crippen molar-refractivity contribution in [2.24, 2.45) is 0 Å². The van der Waals surface area contributed by atoms with Crippen molar-refractivity contribution in [2.45, 2.75) is 33.4 Å². The number of ether oxygens (including phenoxy) is 1. The molecule has 0 spiro atoms. The minimum absolute atomic E-state index is 0.0466. The van der Waals surface area contributed by atoms with E-state index in [2.05, 4.69) is 4.98 Å². The minimum Gasteiger partial charge on any atom is -0.496 e. The van der Waals surface area contributed by atoms with Crippen molar-refractivity contribution in [3.05, 3.63) is 81.2 Å². The Labute approximate surface area is 197 Å². The van der Waals surface area contributed by atoms with E-state index in [1.165, 1.54) is 27.8 Å². The van der Waals surface area contributed by atoms with E-state index in [0.717, 1.165) is 28.0 Å². The summed E-state index contributed by atoms with van der Waals surface area (Å²) in [6.07, 6.45) is 1.75. The van der Waals surface area contributed by atoms with Crippen molar-refractivity contribution in [2.75, 3.05) is 14.2 Å². The Hall–Kier alpha value is -3.45. The van der Waals surface area contributed by atoms with Crippen LogP contribution in [0.25, 0.3) is 21.3 Å². The van der Waals surface area contributed by atoms with E-state index in [-0.39, 0.29) is 24.4 Å². The first-order valence-corrected chi connectivity index (χ1v) is 11.7. The summed E-state index contributed by atoms with van der Waals surface area (Å²) in [5, 5.41) is 2.58. The van der Waals surface area contributed by atoms with E-state index >= 15 is 0 Å². The Morgan fingerprint density at radius 1 is 1.12 bits per heavy atom. The van der Waals surface area contributed by atoms with Crippen LogP contribution >= 0.6 is 11.3 Å². The lowest BCUT2D eigenvalue weighted by Gasteiger charge is -2.19. The fraction of sp³-hybridized carbons (Fsp3) is 0.269. The summed E-state index contributed by atoms with van der Waals surface area (Å²) in [7, 11) is 3.39. The van der Waals surface area contributed by atoms with E-state index < -0.39 is 0 Å². The Kier molecular flexibility index (Phi) is 6.60. The number of benzene rings is 2. The lowest BCUT2D eigenvalue weighted by atomic mass is 10.1. The normalized spacial score (nSPS) is 11.0. The van der Waals surface area contributed by atoms with Gasteiger partial charge in [-0.2, -0.15) is 0 Å². The third-order valence-electron chi connectivity index (χ3n) is 5.76. The number of aryl methyl sites for hydroxylation is 3. The van der Waals surface area contributed by atoms with Crippen molar-refractivity contribution < 1.29 is 9.53 Å². The SMILES string of the molecule is COc1ccc(C)cc1CN(C)C(=O)CCn1cnc2scc(-c3ccc(C)cc3)c2c1=O. The van der Waals surface area contributed by atoms with Crippen LogP contribution < -0.4 is 10.3 Å². The van der Waals surface area contributed by atoms with Crippen molar-refractivity contribution >= 4 is 27.5 Å². The van der Waals surface area contributed by atoms with E-state index in [1.54, 1.807) is 19.1 Å². The fourth-order valence-electron chi connectivity index (χ4n) is 3.85. The highest BCUT2D eigenvalue weighted by atomic mass is 32.1. The summed E-state index contributed by atoms with van der Waals surface area (Å²) in [5.41, 5.74) is 4.99. The van der Waals surface area contributed by atoms with Gasteiger partial charge in [-0.3, -0.25) is 14.2 Å². The molecule has 0 saturated carbocycles. The number of rotatable bonds is 7. The van der Waals surface area contributed by atoms with Gasteiger partial charge in [0.15, 0.2) is 0 Å². The van der Waals surface area contributed by atoms with E-state index in [9.17, 15) is 9.59 Å². The van der Waals surface area contributed by atoms with E-state index in [0.29, 0.717) is 16.8 Å². The summed E-state index contributed by atoms with van der Waals surface area (Å²) < 4.78 is 6.96. The molecule has 0 fully saturated rings. The molecule has 4 aromatic rings. The zero-order valence-corrected chi connectivity index (χ0v) is 20.1. The molecule has 1 amide bonds. The molecule has 4 rings (SSSR count). The molecule has 0 bridgehead atoms. The second kappa shape index (κ2) is 9.58. The monoisotopic (exact) mass is 461 g/mol. The maximum Gasteiger partial charge on any atom is 0.262 e. The summed E-state index contributed by atoms with van der Waals surface area (Å²) in [4.78, 5) is 32.9. The summed E-state index contributed by atoms with van der Waals surface area (Å²) in [6, 6.07) is 14.0. The molecule has 0 saturated heterocycles. The lowest BCUT2D eigenvalue weighted by Crippen LogP contribution is -2.29. The predicted molar refractivity (Wildman–Crippen MR) is 133 cm³/mol. The van der Waals surface area contributed by atoms with Gasteiger partial charge >= 0.3 is 0 Å². The van der Waals surface area contributed by atoms with Crippen molar-refractivity contribution in [3.63, 3.8) is 0 Å². The van der Waals surface area contributed by atoms with Gasteiger partial charge in [0.25, 0.3) is 5.56 Å². The number of carbonyl (C=O) groups is 1. The molecule has 2 heterocycles. The van der Waals surface area contributed by atoms with Gasteiger partial charge in [-0.1, -0.05) is 47.5 Å². The van der Waals surface area contributed by atoms with Gasteiger partial charge in [-0.05, 0) is 25.5 Å². The molecule has 33 heavy (non-hydrogen) atoms. The third-order valence-corrected chi connectivity index (χ3v) is 6.65. The number of carbonyl (C=O) groups excluding carboxylic acids is 1. The summed E-state index contributed by atoms with van der Waals surface area (Å²) in [6.45, 7) is 4.76. The highest BCUT2D eigenvalue weighted by molar-refractivity contribution is 7.17. The molecule has 0 N–H and O–H groups in total. The Balaban J connectivity index is 1.51. The molecule has 0 aliphatic carbocycles. The Morgan fingerprint density at radius 2 is 1.85 bits per heavy atom.